The summed E-state index contributed by atoms with van der Waals surface area (Å²) in [5.41, 5.74) is 1.13. The summed E-state index contributed by atoms with van der Waals surface area (Å²) in [6, 6.07) is 18.0. The molecule has 0 aromatic heterocycles. The molecule has 1 N–H and O–H groups in total. The summed E-state index contributed by atoms with van der Waals surface area (Å²) in [5.74, 6) is 1.53. The van der Waals surface area contributed by atoms with Gasteiger partial charge in [-0.1, -0.05) is 30.3 Å². The Morgan fingerprint density at radius 1 is 0.933 bits per heavy atom. The molecule has 6 nitrogen and oxygen atoms in total. The number of carbonyl (C=O) groups is 1. The second kappa shape index (κ2) is 11.2. The van der Waals surface area contributed by atoms with Crippen molar-refractivity contribution >= 4 is 18.3 Å². The third kappa shape index (κ3) is 6.11. The van der Waals surface area contributed by atoms with Gasteiger partial charge in [-0.15, -0.1) is 12.4 Å². The first-order valence-electron chi connectivity index (χ1n) is 10.4. The van der Waals surface area contributed by atoms with Crippen LogP contribution in [0.15, 0.2) is 54.6 Å². The molecule has 2 saturated heterocycles. The standard InChI is InChI=1S/C23H29N3O3.ClH/c27-23(26-13-10-20(16-26)25-14-11-24-12-15-25)18-29-22-8-6-21(7-9-22)28-17-19-4-2-1-3-5-19;/h1-9,20,24H,10-18H2;1H. The fourth-order valence-corrected chi connectivity index (χ4v) is 3.92. The van der Waals surface area contributed by atoms with Crippen molar-refractivity contribution in [1.29, 1.82) is 0 Å². The van der Waals surface area contributed by atoms with Crippen LogP contribution in [0.1, 0.15) is 12.0 Å². The molecule has 162 valence electrons. The molecule has 0 aliphatic carbocycles. The summed E-state index contributed by atoms with van der Waals surface area (Å²) in [4.78, 5) is 17.0. The van der Waals surface area contributed by atoms with E-state index in [1.54, 1.807) is 0 Å². The predicted molar refractivity (Wildman–Crippen MR) is 119 cm³/mol. The van der Waals surface area contributed by atoms with E-state index in [0.29, 0.717) is 18.4 Å². The number of hydrogen-bond donors (Lipinski definition) is 1. The molecular formula is C23H30ClN3O3. The quantitative estimate of drug-likeness (QED) is 0.730. The number of rotatable bonds is 7. The van der Waals surface area contributed by atoms with E-state index >= 15 is 0 Å². The lowest BCUT2D eigenvalue weighted by Crippen LogP contribution is -2.49. The summed E-state index contributed by atoms with van der Waals surface area (Å²) in [6.07, 6.45) is 1.05. The molecule has 2 aliphatic rings. The van der Waals surface area contributed by atoms with E-state index in [1.165, 1.54) is 0 Å². The van der Waals surface area contributed by atoms with Crippen molar-refractivity contribution in [2.45, 2.75) is 19.1 Å². The van der Waals surface area contributed by atoms with E-state index in [-0.39, 0.29) is 24.9 Å². The smallest absolute Gasteiger partial charge is 0.260 e. The van der Waals surface area contributed by atoms with Gasteiger partial charge in [0.1, 0.15) is 18.1 Å². The van der Waals surface area contributed by atoms with E-state index in [9.17, 15) is 4.79 Å². The first kappa shape index (κ1) is 22.4. The van der Waals surface area contributed by atoms with Crippen LogP contribution >= 0.6 is 12.4 Å². The maximum Gasteiger partial charge on any atom is 0.260 e. The zero-order valence-electron chi connectivity index (χ0n) is 17.2. The Morgan fingerprint density at radius 2 is 1.60 bits per heavy atom. The summed E-state index contributed by atoms with van der Waals surface area (Å²) < 4.78 is 11.5. The van der Waals surface area contributed by atoms with Gasteiger partial charge in [0, 0.05) is 45.3 Å². The van der Waals surface area contributed by atoms with E-state index in [0.717, 1.165) is 57.0 Å². The normalized spacial score (nSPS) is 19.2. The lowest BCUT2D eigenvalue weighted by atomic mass is 10.2. The number of benzene rings is 2. The molecule has 30 heavy (non-hydrogen) atoms. The van der Waals surface area contributed by atoms with Gasteiger partial charge in [-0.3, -0.25) is 9.69 Å². The zero-order valence-corrected chi connectivity index (χ0v) is 18.0. The fraction of sp³-hybridized carbons (Fsp3) is 0.435. The maximum atomic E-state index is 12.5. The third-order valence-corrected chi connectivity index (χ3v) is 5.62. The van der Waals surface area contributed by atoms with Crippen molar-refractivity contribution in [1.82, 2.24) is 15.1 Å². The van der Waals surface area contributed by atoms with E-state index in [4.69, 9.17) is 9.47 Å². The summed E-state index contributed by atoms with van der Waals surface area (Å²) in [6.45, 7) is 6.47. The summed E-state index contributed by atoms with van der Waals surface area (Å²) in [7, 11) is 0. The van der Waals surface area contributed by atoms with Crippen molar-refractivity contribution in [2.24, 2.45) is 0 Å². The average molecular weight is 432 g/mol. The molecule has 2 heterocycles. The van der Waals surface area contributed by atoms with E-state index in [2.05, 4.69) is 10.2 Å². The molecule has 0 bridgehead atoms. The number of nitrogens with one attached hydrogen (secondary N) is 1. The number of hydrogen-bond acceptors (Lipinski definition) is 5. The molecule has 0 spiro atoms. The third-order valence-electron chi connectivity index (χ3n) is 5.62. The minimum Gasteiger partial charge on any atom is -0.489 e. The van der Waals surface area contributed by atoms with Crippen LogP contribution in [0.4, 0.5) is 0 Å². The number of piperazine rings is 1. The first-order valence-corrected chi connectivity index (χ1v) is 10.4. The molecule has 0 saturated carbocycles. The molecular weight excluding hydrogens is 402 g/mol. The van der Waals surface area contributed by atoms with E-state index < -0.39 is 0 Å². The lowest BCUT2D eigenvalue weighted by Gasteiger charge is -2.32. The van der Waals surface area contributed by atoms with Gasteiger partial charge in [0.2, 0.25) is 0 Å². The molecule has 0 radical (unpaired) electrons. The van der Waals surface area contributed by atoms with Gasteiger partial charge in [0.05, 0.1) is 0 Å². The SMILES string of the molecule is Cl.O=C(COc1ccc(OCc2ccccc2)cc1)N1CCC(N2CCNCC2)C1. The van der Waals surface area contributed by atoms with Gasteiger partial charge in [-0.2, -0.15) is 0 Å². The van der Waals surface area contributed by atoms with Crippen molar-refractivity contribution < 1.29 is 14.3 Å². The second-order valence-electron chi connectivity index (χ2n) is 7.60. The molecule has 2 aliphatic heterocycles. The van der Waals surface area contributed by atoms with Crippen LogP contribution in [0.25, 0.3) is 0 Å². The summed E-state index contributed by atoms with van der Waals surface area (Å²) in [5, 5.41) is 3.38. The number of amides is 1. The number of carbonyl (C=O) groups excluding carboxylic acids is 1. The second-order valence-corrected chi connectivity index (χ2v) is 7.60. The maximum absolute atomic E-state index is 12.5. The topological polar surface area (TPSA) is 54.0 Å². The number of ether oxygens (including phenoxy) is 2. The molecule has 1 unspecified atom stereocenters. The van der Waals surface area contributed by atoms with Gasteiger partial charge in [0.25, 0.3) is 5.91 Å². The van der Waals surface area contributed by atoms with Crippen molar-refractivity contribution in [3.8, 4) is 11.5 Å². The van der Waals surface area contributed by atoms with Crippen molar-refractivity contribution in [3.63, 3.8) is 0 Å². The van der Waals surface area contributed by atoms with Crippen LogP contribution in [0, 0.1) is 0 Å². The Labute approximate surface area is 184 Å². The number of nitrogens with zero attached hydrogens (tertiary/aromatic N) is 2. The minimum absolute atomic E-state index is 0. The molecule has 2 aromatic carbocycles. The number of likely N-dealkylation sites (tertiary alicyclic amines) is 1. The van der Waals surface area contributed by atoms with Crippen LogP contribution < -0.4 is 14.8 Å². The van der Waals surface area contributed by atoms with Crippen LogP contribution in [-0.4, -0.2) is 67.6 Å². The Balaban J connectivity index is 0.00000256. The molecule has 2 fully saturated rings. The van der Waals surface area contributed by atoms with Crippen LogP contribution in [0.5, 0.6) is 11.5 Å². The van der Waals surface area contributed by atoms with Gasteiger partial charge in [-0.25, -0.2) is 0 Å². The molecule has 4 rings (SSSR count). The lowest BCUT2D eigenvalue weighted by molar-refractivity contribution is -0.132. The highest BCUT2D eigenvalue weighted by Gasteiger charge is 2.30. The van der Waals surface area contributed by atoms with Gasteiger partial charge >= 0.3 is 0 Å². The monoisotopic (exact) mass is 431 g/mol. The highest BCUT2D eigenvalue weighted by Crippen LogP contribution is 2.20. The zero-order chi connectivity index (χ0) is 19.9. The molecule has 1 amide bonds. The van der Waals surface area contributed by atoms with Gasteiger partial charge in [0.15, 0.2) is 6.61 Å². The number of halogens is 1. The Morgan fingerprint density at radius 3 is 2.30 bits per heavy atom. The molecule has 7 heteroatoms. The van der Waals surface area contributed by atoms with Gasteiger partial charge < -0.3 is 19.7 Å². The van der Waals surface area contributed by atoms with Crippen LogP contribution in [0.2, 0.25) is 0 Å². The Kier molecular flexibility index (Phi) is 8.37. The Hall–Kier alpha value is -2.28. The van der Waals surface area contributed by atoms with Crippen molar-refractivity contribution in [3.05, 3.63) is 60.2 Å². The summed E-state index contributed by atoms with van der Waals surface area (Å²) >= 11 is 0. The minimum atomic E-state index is 0. The van der Waals surface area contributed by atoms with Crippen LogP contribution in [0.3, 0.4) is 0 Å². The highest BCUT2D eigenvalue weighted by atomic mass is 35.5. The Bertz CT molecular complexity index is 782. The predicted octanol–water partition coefficient (Wildman–Crippen LogP) is 2.57. The largest absolute Gasteiger partial charge is 0.489 e. The van der Waals surface area contributed by atoms with Crippen LogP contribution in [-0.2, 0) is 11.4 Å². The van der Waals surface area contributed by atoms with Gasteiger partial charge in [-0.05, 0) is 36.2 Å². The highest BCUT2D eigenvalue weighted by molar-refractivity contribution is 5.85. The molecule has 1 atom stereocenters. The fourth-order valence-electron chi connectivity index (χ4n) is 3.92. The first-order chi connectivity index (χ1) is 14.3. The van der Waals surface area contributed by atoms with Crippen molar-refractivity contribution in [2.75, 3.05) is 45.9 Å². The average Bonchev–Trinajstić information content (AvgIpc) is 3.29. The van der Waals surface area contributed by atoms with E-state index in [1.807, 2.05) is 59.5 Å². The molecule has 2 aromatic rings.